The second-order valence-electron chi connectivity index (χ2n) is 7.77. The fourth-order valence-electron chi connectivity index (χ4n) is 3.90. The maximum Gasteiger partial charge on any atom is 0.253 e. The molecule has 2 heterocycles. The number of aryl methyl sites for hydroxylation is 1. The zero-order chi connectivity index (χ0) is 18.7. The number of hydrogen-bond acceptors (Lipinski definition) is 3. The molecule has 0 spiro atoms. The lowest BCUT2D eigenvalue weighted by Gasteiger charge is -2.27. The summed E-state index contributed by atoms with van der Waals surface area (Å²) in [6, 6.07) is 5.13. The Hall–Kier alpha value is -1.40. The number of nitrogens with zero attached hydrogens (tertiary/aromatic N) is 2. The molecule has 2 saturated heterocycles. The van der Waals surface area contributed by atoms with Gasteiger partial charge in [-0.25, -0.2) is 8.42 Å². The summed E-state index contributed by atoms with van der Waals surface area (Å²) in [6.07, 6.45) is 6.06. The first-order valence-electron chi connectivity index (χ1n) is 9.79. The fraction of sp³-hybridized carbons (Fsp3) is 0.650. The van der Waals surface area contributed by atoms with E-state index in [1.807, 2.05) is 4.90 Å². The van der Waals surface area contributed by atoms with Gasteiger partial charge in [0, 0.05) is 31.7 Å². The predicted molar refractivity (Wildman–Crippen MR) is 103 cm³/mol. The summed E-state index contributed by atoms with van der Waals surface area (Å²) in [5.74, 6) is 0.593. The van der Waals surface area contributed by atoms with Gasteiger partial charge in [-0.05, 0) is 62.6 Å². The van der Waals surface area contributed by atoms with Crippen LogP contribution in [-0.4, -0.2) is 49.7 Å². The van der Waals surface area contributed by atoms with Crippen LogP contribution in [0.2, 0.25) is 0 Å². The maximum absolute atomic E-state index is 13.1. The van der Waals surface area contributed by atoms with Crippen LogP contribution in [0.25, 0.3) is 0 Å². The smallest absolute Gasteiger partial charge is 0.253 e. The van der Waals surface area contributed by atoms with E-state index < -0.39 is 10.0 Å². The first-order chi connectivity index (χ1) is 12.4. The second kappa shape index (κ2) is 8.09. The standard InChI is InChI=1S/C20H30N2O3S/c1-16-7-6-11-21(14-10-16)20(23)18-9-8-17(2)19(15-18)26(24,25)22-12-4-3-5-13-22/h8-9,15-16H,3-7,10-14H2,1-2H3. The quantitative estimate of drug-likeness (QED) is 0.810. The molecule has 3 rings (SSSR count). The Labute approximate surface area is 157 Å². The number of benzene rings is 1. The molecule has 0 radical (unpaired) electrons. The van der Waals surface area contributed by atoms with Crippen LogP contribution in [0.15, 0.2) is 23.1 Å². The van der Waals surface area contributed by atoms with Crippen LogP contribution in [0, 0.1) is 12.8 Å². The van der Waals surface area contributed by atoms with Crippen molar-refractivity contribution in [3.8, 4) is 0 Å². The molecule has 1 amide bonds. The van der Waals surface area contributed by atoms with Crippen molar-refractivity contribution in [1.29, 1.82) is 0 Å². The van der Waals surface area contributed by atoms with Gasteiger partial charge in [0.25, 0.3) is 5.91 Å². The van der Waals surface area contributed by atoms with Crippen molar-refractivity contribution in [2.45, 2.75) is 57.3 Å². The Morgan fingerprint density at radius 3 is 2.46 bits per heavy atom. The van der Waals surface area contributed by atoms with Gasteiger partial charge in [0.1, 0.15) is 0 Å². The van der Waals surface area contributed by atoms with Crippen molar-refractivity contribution >= 4 is 15.9 Å². The molecule has 5 nitrogen and oxygen atoms in total. The van der Waals surface area contributed by atoms with Gasteiger partial charge in [0.15, 0.2) is 0 Å². The van der Waals surface area contributed by atoms with Gasteiger partial charge >= 0.3 is 0 Å². The highest BCUT2D eigenvalue weighted by Crippen LogP contribution is 2.25. The molecular formula is C20H30N2O3S. The summed E-state index contributed by atoms with van der Waals surface area (Å²) in [6.45, 7) is 6.68. The van der Waals surface area contributed by atoms with E-state index in [-0.39, 0.29) is 10.8 Å². The number of hydrogen-bond donors (Lipinski definition) is 0. The molecule has 0 saturated carbocycles. The molecule has 144 valence electrons. The molecule has 0 aliphatic carbocycles. The van der Waals surface area contributed by atoms with Crippen molar-refractivity contribution in [3.05, 3.63) is 29.3 Å². The third kappa shape index (κ3) is 4.12. The summed E-state index contributed by atoms with van der Waals surface area (Å²) >= 11 is 0. The van der Waals surface area contributed by atoms with Gasteiger partial charge < -0.3 is 4.90 Å². The van der Waals surface area contributed by atoms with Crippen LogP contribution in [0.4, 0.5) is 0 Å². The van der Waals surface area contributed by atoms with Crippen LogP contribution in [0.5, 0.6) is 0 Å². The Balaban J connectivity index is 1.86. The molecule has 0 N–H and O–H groups in total. The minimum atomic E-state index is -3.53. The largest absolute Gasteiger partial charge is 0.339 e. The van der Waals surface area contributed by atoms with Gasteiger partial charge in [0.05, 0.1) is 4.90 Å². The fourth-order valence-corrected chi connectivity index (χ4v) is 5.67. The normalized spacial score (nSPS) is 22.8. The van der Waals surface area contributed by atoms with Gasteiger partial charge in [-0.2, -0.15) is 4.31 Å². The van der Waals surface area contributed by atoms with E-state index in [2.05, 4.69) is 6.92 Å². The number of piperidine rings is 1. The molecule has 1 aromatic carbocycles. The summed E-state index contributed by atoms with van der Waals surface area (Å²) in [5, 5.41) is 0. The summed E-state index contributed by atoms with van der Waals surface area (Å²) in [4.78, 5) is 15.1. The van der Waals surface area contributed by atoms with Crippen LogP contribution >= 0.6 is 0 Å². The number of amides is 1. The minimum absolute atomic E-state index is 0.0470. The SMILES string of the molecule is Cc1ccc(C(=O)N2CCCC(C)CC2)cc1S(=O)(=O)N1CCCCC1. The van der Waals surface area contributed by atoms with E-state index in [4.69, 9.17) is 0 Å². The summed E-state index contributed by atoms with van der Waals surface area (Å²) in [5.41, 5.74) is 1.19. The topological polar surface area (TPSA) is 57.7 Å². The number of rotatable bonds is 3. The average molecular weight is 379 g/mol. The molecule has 1 aromatic rings. The van der Waals surface area contributed by atoms with Crippen molar-refractivity contribution in [1.82, 2.24) is 9.21 Å². The first-order valence-corrected chi connectivity index (χ1v) is 11.2. The van der Waals surface area contributed by atoms with E-state index in [9.17, 15) is 13.2 Å². The highest BCUT2D eigenvalue weighted by Gasteiger charge is 2.29. The monoisotopic (exact) mass is 378 g/mol. The second-order valence-corrected chi connectivity index (χ2v) is 9.68. The molecule has 0 bridgehead atoms. The molecule has 1 unspecified atom stereocenters. The number of likely N-dealkylation sites (tertiary alicyclic amines) is 1. The number of sulfonamides is 1. The number of carbonyl (C=O) groups is 1. The average Bonchev–Trinajstić information content (AvgIpc) is 2.86. The van der Waals surface area contributed by atoms with Crippen LogP contribution in [0.3, 0.4) is 0 Å². The molecule has 0 aromatic heterocycles. The Morgan fingerprint density at radius 2 is 1.73 bits per heavy atom. The summed E-state index contributed by atoms with van der Waals surface area (Å²) < 4.78 is 27.7. The first kappa shape index (κ1) is 19.4. The third-order valence-electron chi connectivity index (χ3n) is 5.67. The van der Waals surface area contributed by atoms with Crippen LogP contribution < -0.4 is 0 Å². The number of carbonyl (C=O) groups excluding carboxylic acids is 1. The van der Waals surface area contributed by atoms with Crippen LogP contribution in [-0.2, 0) is 10.0 Å². The molecular weight excluding hydrogens is 348 g/mol. The minimum Gasteiger partial charge on any atom is -0.339 e. The molecule has 1 atom stereocenters. The van der Waals surface area contributed by atoms with Crippen molar-refractivity contribution in [3.63, 3.8) is 0 Å². The van der Waals surface area contributed by atoms with Gasteiger partial charge in [-0.3, -0.25) is 4.79 Å². The molecule has 6 heteroatoms. The van der Waals surface area contributed by atoms with E-state index in [1.54, 1.807) is 29.4 Å². The van der Waals surface area contributed by atoms with Crippen molar-refractivity contribution < 1.29 is 13.2 Å². The lowest BCUT2D eigenvalue weighted by atomic mass is 10.0. The van der Waals surface area contributed by atoms with E-state index in [0.717, 1.165) is 51.6 Å². The summed E-state index contributed by atoms with van der Waals surface area (Å²) in [7, 11) is -3.53. The third-order valence-corrected chi connectivity index (χ3v) is 7.71. The van der Waals surface area contributed by atoms with Crippen molar-refractivity contribution in [2.75, 3.05) is 26.2 Å². The Morgan fingerprint density at radius 1 is 1.00 bits per heavy atom. The van der Waals surface area contributed by atoms with Gasteiger partial charge in [0.2, 0.25) is 10.0 Å². The van der Waals surface area contributed by atoms with E-state index in [1.165, 1.54) is 0 Å². The lowest BCUT2D eigenvalue weighted by molar-refractivity contribution is 0.0760. The van der Waals surface area contributed by atoms with Gasteiger partial charge in [-0.15, -0.1) is 0 Å². The van der Waals surface area contributed by atoms with Crippen molar-refractivity contribution in [2.24, 2.45) is 5.92 Å². The van der Waals surface area contributed by atoms with Crippen LogP contribution in [0.1, 0.15) is 61.4 Å². The van der Waals surface area contributed by atoms with Gasteiger partial charge in [-0.1, -0.05) is 19.4 Å². The highest BCUT2D eigenvalue weighted by atomic mass is 32.2. The molecule has 2 aliphatic rings. The zero-order valence-electron chi connectivity index (χ0n) is 15.9. The highest BCUT2D eigenvalue weighted by molar-refractivity contribution is 7.89. The predicted octanol–water partition coefficient (Wildman–Crippen LogP) is 3.43. The lowest BCUT2D eigenvalue weighted by Crippen LogP contribution is -2.36. The molecule has 2 fully saturated rings. The molecule has 2 aliphatic heterocycles. The Kier molecular flexibility index (Phi) is 6.03. The maximum atomic E-state index is 13.1. The van der Waals surface area contributed by atoms with E-state index >= 15 is 0 Å². The molecule has 26 heavy (non-hydrogen) atoms. The Bertz CT molecular complexity index is 754. The van der Waals surface area contributed by atoms with E-state index in [0.29, 0.717) is 30.1 Å². The zero-order valence-corrected chi connectivity index (χ0v) is 16.7.